The van der Waals surface area contributed by atoms with Gasteiger partial charge in [-0.25, -0.2) is 9.97 Å². The summed E-state index contributed by atoms with van der Waals surface area (Å²) in [4.78, 5) is 11.2. The van der Waals surface area contributed by atoms with E-state index < -0.39 is 0 Å². The lowest BCUT2D eigenvalue weighted by Crippen LogP contribution is -2.26. The first kappa shape index (κ1) is 13.4. The van der Waals surface area contributed by atoms with Gasteiger partial charge in [-0.15, -0.1) is 0 Å². The highest BCUT2D eigenvalue weighted by Crippen LogP contribution is 2.17. The first-order valence-electron chi connectivity index (χ1n) is 5.99. The molecular weight excluding hydrogens is 266 g/mol. The van der Waals surface area contributed by atoms with Gasteiger partial charge in [0, 0.05) is 25.6 Å². The molecule has 0 aliphatic rings. The molecule has 0 amide bonds. The molecule has 0 radical (unpaired) electrons. The molecule has 90 valence electrons. The molecule has 0 aromatic carbocycles. The fourth-order valence-electron chi connectivity index (χ4n) is 1.65. The number of hydrogen-bond donors (Lipinski definition) is 0. The summed E-state index contributed by atoms with van der Waals surface area (Å²) in [6, 6.07) is 2.00. The van der Waals surface area contributed by atoms with E-state index in [0.29, 0.717) is 0 Å². The number of aromatic nitrogens is 2. The Hall–Kier alpha value is -0.640. The molecule has 1 rings (SSSR count). The summed E-state index contributed by atoms with van der Waals surface area (Å²) in [6.45, 7) is 8.58. The smallest absolute Gasteiger partial charge is 0.133 e. The lowest BCUT2D eigenvalue weighted by atomic mass is 10.3. The summed E-state index contributed by atoms with van der Waals surface area (Å²) in [5, 5.41) is 0. The Morgan fingerprint density at radius 2 is 1.75 bits per heavy atom. The average molecular weight is 286 g/mol. The molecule has 1 aromatic rings. The molecule has 16 heavy (non-hydrogen) atoms. The predicted octanol–water partition coefficient (Wildman–Crippen LogP) is 3.43. The van der Waals surface area contributed by atoms with Gasteiger partial charge in [0.1, 0.15) is 16.2 Å². The summed E-state index contributed by atoms with van der Waals surface area (Å²) >= 11 is 3.45. The van der Waals surface area contributed by atoms with Gasteiger partial charge in [-0.05, 0) is 28.8 Å². The lowest BCUT2D eigenvalue weighted by Gasteiger charge is -2.22. The molecule has 0 saturated heterocycles. The van der Waals surface area contributed by atoms with Gasteiger partial charge in [0.2, 0.25) is 0 Å². The fourth-order valence-corrected chi connectivity index (χ4v) is 2.06. The molecule has 0 aliphatic heterocycles. The molecule has 1 heterocycles. The van der Waals surface area contributed by atoms with E-state index in [0.717, 1.165) is 48.6 Å². The third-order valence-corrected chi connectivity index (χ3v) is 2.76. The van der Waals surface area contributed by atoms with E-state index in [4.69, 9.17) is 0 Å². The predicted molar refractivity (Wildman–Crippen MR) is 71.9 cm³/mol. The quantitative estimate of drug-likeness (QED) is 0.750. The van der Waals surface area contributed by atoms with Crippen LogP contribution in [0.5, 0.6) is 0 Å². The molecule has 4 heteroatoms. The highest BCUT2D eigenvalue weighted by molar-refractivity contribution is 9.10. The van der Waals surface area contributed by atoms with Crippen LogP contribution in [0.2, 0.25) is 0 Å². The zero-order valence-electron chi connectivity index (χ0n) is 10.3. The Morgan fingerprint density at radius 1 is 1.12 bits per heavy atom. The van der Waals surface area contributed by atoms with Gasteiger partial charge in [0.25, 0.3) is 0 Å². The van der Waals surface area contributed by atoms with E-state index in [-0.39, 0.29) is 0 Å². The van der Waals surface area contributed by atoms with Crippen LogP contribution in [0.25, 0.3) is 0 Å². The van der Waals surface area contributed by atoms with Crippen molar-refractivity contribution in [1.82, 2.24) is 9.97 Å². The Balaban J connectivity index is 2.93. The zero-order chi connectivity index (χ0) is 12.0. The Labute approximate surface area is 106 Å². The van der Waals surface area contributed by atoms with Crippen molar-refractivity contribution < 1.29 is 0 Å². The van der Waals surface area contributed by atoms with E-state index in [1.54, 1.807) is 0 Å². The molecule has 0 fully saturated rings. The van der Waals surface area contributed by atoms with E-state index in [1.807, 2.05) is 6.07 Å². The first-order valence-corrected chi connectivity index (χ1v) is 6.78. The van der Waals surface area contributed by atoms with Crippen molar-refractivity contribution in [2.24, 2.45) is 0 Å². The van der Waals surface area contributed by atoms with Crippen molar-refractivity contribution in [3.8, 4) is 0 Å². The molecule has 0 saturated carbocycles. The summed E-state index contributed by atoms with van der Waals surface area (Å²) in [5.41, 5.74) is 0. The highest BCUT2D eigenvalue weighted by atomic mass is 79.9. The second-order valence-corrected chi connectivity index (χ2v) is 4.62. The topological polar surface area (TPSA) is 29.0 Å². The number of aryl methyl sites for hydroxylation is 1. The fraction of sp³-hybridized carbons (Fsp3) is 0.667. The Bertz CT molecular complexity index is 322. The monoisotopic (exact) mass is 285 g/mol. The maximum absolute atomic E-state index is 4.57. The largest absolute Gasteiger partial charge is 0.357 e. The molecule has 0 spiro atoms. The molecule has 0 N–H and O–H groups in total. The maximum Gasteiger partial charge on any atom is 0.133 e. The van der Waals surface area contributed by atoms with Crippen molar-refractivity contribution in [2.45, 2.75) is 40.0 Å². The van der Waals surface area contributed by atoms with Gasteiger partial charge >= 0.3 is 0 Å². The van der Waals surface area contributed by atoms with Gasteiger partial charge in [-0.2, -0.15) is 0 Å². The minimum absolute atomic E-state index is 0.874. The van der Waals surface area contributed by atoms with E-state index in [9.17, 15) is 0 Å². The van der Waals surface area contributed by atoms with Gasteiger partial charge in [-0.1, -0.05) is 20.8 Å². The van der Waals surface area contributed by atoms with Gasteiger partial charge in [0.05, 0.1) is 0 Å². The minimum atomic E-state index is 0.874. The van der Waals surface area contributed by atoms with Crippen LogP contribution in [0.15, 0.2) is 10.7 Å². The molecule has 0 unspecified atom stereocenters. The van der Waals surface area contributed by atoms with Gasteiger partial charge < -0.3 is 4.90 Å². The second-order valence-electron chi connectivity index (χ2n) is 3.81. The summed E-state index contributed by atoms with van der Waals surface area (Å²) in [7, 11) is 0. The van der Waals surface area contributed by atoms with E-state index in [2.05, 4.69) is 51.6 Å². The minimum Gasteiger partial charge on any atom is -0.357 e. The van der Waals surface area contributed by atoms with Crippen molar-refractivity contribution in [2.75, 3.05) is 18.0 Å². The number of halogens is 1. The van der Waals surface area contributed by atoms with Crippen molar-refractivity contribution in [3.05, 3.63) is 16.5 Å². The molecule has 0 bridgehead atoms. The number of nitrogens with zero attached hydrogens (tertiary/aromatic N) is 3. The van der Waals surface area contributed by atoms with Crippen LogP contribution >= 0.6 is 15.9 Å². The summed E-state index contributed by atoms with van der Waals surface area (Å²) < 4.78 is 0.881. The van der Waals surface area contributed by atoms with Crippen LogP contribution in [0.1, 0.15) is 39.4 Å². The van der Waals surface area contributed by atoms with Crippen molar-refractivity contribution >= 4 is 21.7 Å². The van der Waals surface area contributed by atoms with Crippen LogP contribution in [0, 0.1) is 0 Å². The molecule has 3 nitrogen and oxygen atoms in total. The van der Waals surface area contributed by atoms with Crippen LogP contribution < -0.4 is 4.90 Å². The first-order chi connectivity index (χ1) is 7.71. The molecular formula is C12H20BrN3. The van der Waals surface area contributed by atoms with Crippen LogP contribution in [-0.2, 0) is 6.42 Å². The normalized spacial score (nSPS) is 10.5. The van der Waals surface area contributed by atoms with Crippen LogP contribution in [0.3, 0.4) is 0 Å². The standard InChI is InChI=1S/C12H20BrN3/c1-4-7-16(8-5-2)12-9-10(13)14-11(6-3)15-12/h9H,4-8H2,1-3H3. The van der Waals surface area contributed by atoms with Crippen molar-refractivity contribution in [1.29, 1.82) is 0 Å². The van der Waals surface area contributed by atoms with E-state index >= 15 is 0 Å². The highest BCUT2D eigenvalue weighted by Gasteiger charge is 2.08. The average Bonchev–Trinajstić information content (AvgIpc) is 2.28. The number of hydrogen-bond acceptors (Lipinski definition) is 3. The van der Waals surface area contributed by atoms with Gasteiger partial charge in [-0.3, -0.25) is 0 Å². The second kappa shape index (κ2) is 6.84. The summed E-state index contributed by atoms with van der Waals surface area (Å²) in [5.74, 6) is 1.95. The number of rotatable bonds is 6. The Kier molecular flexibility index (Phi) is 5.74. The third-order valence-electron chi connectivity index (χ3n) is 2.35. The lowest BCUT2D eigenvalue weighted by molar-refractivity contribution is 0.726. The van der Waals surface area contributed by atoms with Crippen LogP contribution in [-0.4, -0.2) is 23.1 Å². The Morgan fingerprint density at radius 3 is 2.25 bits per heavy atom. The summed E-state index contributed by atoms with van der Waals surface area (Å²) in [6.07, 6.45) is 3.16. The molecule has 0 aliphatic carbocycles. The maximum atomic E-state index is 4.57. The SMILES string of the molecule is CCCN(CCC)c1cc(Br)nc(CC)n1. The third kappa shape index (κ3) is 3.74. The molecule has 1 aromatic heterocycles. The zero-order valence-corrected chi connectivity index (χ0v) is 11.9. The van der Waals surface area contributed by atoms with Crippen LogP contribution in [0.4, 0.5) is 5.82 Å². The van der Waals surface area contributed by atoms with E-state index in [1.165, 1.54) is 0 Å². The molecule has 0 atom stereocenters. The number of anilines is 1. The van der Waals surface area contributed by atoms with Crippen molar-refractivity contribution in [3.63, 3.8) is 0 Å². The van der Waals surface area contributed by atoms with Gasteiger partial charge in [0.15, 0.2) is 0 Å².